The standard InChI is InChI=1S/C16H28N2O2S/c1-4-16(5-2)15(20)18(10-7-11-21-6-3)13(12-8-9-12)14(19)17-16/h12-13H,4-11H2,1-3H3,(H,17,19). The van der Waals surface area contributed by atoms with Crippen LogP contribution in [0.4, 0.5) is 0 Å². The molecular weight excluding hydrogens is 284 g/mol. The number of nitrogens with zero attached hydrogens (tertiary/aromatic N) is 1. The third-order valence-electron chi connectivity index (χ3n) is 4.80. The van der Waals surface area contributed by atoms with Gasteiger partial charge in [0.15, 0.2) is 0 Å². The summed E-state index contributed by atoms with van der Waals surface area (Å²) in [5.74, 6) is 2.77. The molecule has 2 aliphatic rings. The molecule has 21 heavy (non-hydrogen) atoms. The normalized spacial score (nSPS) is 25.1. The Kier molecular flexibility index (Phi) is 5.58. The van der Waals surface area contributed by atoms with Gasteiger partial charge in [0.2, 0.25) is 11.8 Å². The molecule has 0 bridgehead atoms. The highest BCUT2D eigenvalue weighted by molar-refractivity contribution is 7.99. The van der Waals surface area contributed by atoms with Gasteiger partial charge in [-0.3, -0.25) is 9.59 Å². The second-order valence-electron chi connectivity index (χ2n) is 6.11. The minimum Gasteiger partial charge on any atom is -0.340 e. The van der Waals surface area contributed by atoms with Crippen molar-refractivity contribution in [1.82, 2.24) is 10.2 Å². The lowest BCUT2D eigenvalue weighted by molar-refractivity contribution is -0.156. The molecule has 1 atom stereocenters. The Balaban J connectivity index is 2.12. The van der Waals surface area contributed by atoms with E-state index in [1.54, 1.807) is 0 Å². The summed E-state index contributed by atoms with van der Waals surface area (Å²) in [6.07, 6.45) is 4.48. The van der Waals surface area contributed by atoms with Crippen molar-refractivity contribution in [3.05, 3.63) is 0 Å². The van der Waals surface area contributed by atoms with Crippen LogP contribution < -0.4 is 5.32 Å². The molecular formula is C16H28N2O2S. The number of rotatable bonds is 8. The van der Waals surface area contributed by atoms with E-state index >= 15 is 0 Å². The van der Waals surface area contributed by atoms with E-state index < -0.39 is 5.54 Å². The number of carbonyl (C=O) groups is 2. The van der Waals surface area contributed by atoms with Crippen molar-refractivity contribution in [2.45, 2.75) is 64.5 Å². The zero-order valence-corrected chi connectivity index (χ0v) is 14.3. The van der Waals surface area contributed by atoms with Gasteiger partial charge in [0.1, 0.15) is 11.6 Å². The van der Waals surface area contributed by atoms with Crippen LogP contribution in [0.1, 0.15) is 52.9 Å². The number of nitrogens with one attached hydrogen (secondary N) is 1. The predicted molar refractivity (Wildman–Crippen MR) is 87.3 cm³/mol. The van der Waals surface area contributed by atoms with Crippen LogP contribution in [-0.4, -0.2) is 46.3 Å². The zero-order chi connectivity index (χ0) is 15.5. The highest BCUT2D eigenvalue weighted by Gasteiger charge is 2.52. The van der Waals surface area contributed by atoms with Crippen LogP contribution in [0.5, 0.6) is 0 Å². The van der Waals surface area contributed by atoms with Crippen LogP contribution in [0.3, 0.4) is 0 Å². The average molecular weight is 312 g/mol. The van der Waals surface area contributed by atoms with Crippen molar-refractivity contribution in [2.75, 3.05) is 18.1 Å². The SMILES string of the molecule is CCSCCCN1C(=O)C(CC)(CC)NC(=O)C1C1CC1. The summed E-state index contributed by atoms with van der Waals surface area (Å²) in [7, 11) is 0. The van der Waals surface area contributed by atoms with Gasteiger partial charge in [0.25, 0.3) is 0 Å². The fourth-order valence-electron chi connectivity index (χ4n) is 3.24. The second kappa shape index (κ2) is 7.03. The summed E-state index contributed by atoms with van der Waals surface area (Å²) >= 11 is 1.90. The van der Waals surface area contributed by atoms with E-state index in [2.05, 4.69) is 12.2 Å². The fraction of sp³-hybridized carbons (Fsp3) is 0.875. The Labute approximate surface area is 132 Å². The van der Waals surface area contributed by atoms with Crippen molar-refractivity contribution in [1.29, 1.82) is 0 Å². The zero-order valence-electron chi connectivity index (χ0n) is 13.5. The molecule has 0 aromatic carbocycles. The number of thioether (sulfide) groups is 1. The average Bonchev–Trinajstić information content (AvgIpc) is 3.31. The van der Waals surface area contributed by atoms with E-state index in [1.165, 1.54) is 0 Å². The third kappa shape index (κ3) is 3.38. The summed E-state index contributed by atoms with van der Waals surface area (Å²) in [4.78, 5) is 27.4. The third-order valence-corrected chi connectivity index (χ3v) is 5.79. The molecule has 2 rings (SSSR count). The van der Waals surface area contributed by atoms with E-state index in [0.717, 1.165) is 37.3 Å². The molecule has 0 spiro atoms. The summed E-state index contributed by atoms with van der Waals surface area (Å²) in [6, 6.07) is -0.213. The quantitative estimate of drug-likeness (QED) is 0.700. The Morgan fingerprint density at radius 1 is 1.24 bits per heavy atom. The highest BCUT2D eigenvalue weighted by atomic mass is 32.2. The van der Waals surface area contributed by atoms with Gasteiger partial charge in [-0.2, -0.15) is 11.8 Å². The van der Waals surface area contributed by atoms with E-state index in [1.807, 2.05) is 30.5 Å². The predicted octanol–water partition coefficient (Wildman–Crippen LogP) is 2.43. The summed E-state index contributed by atoms with van der Waals surface area (Å²) in [5.41, 5.74) is -0.666. The van der Waals surface area contributed by atoms with Crippen LogP contribution in [0, 0.1) is 5.92 Å². The molecule has 1 saturated carbocycles. The van der Waals surface area contributed by atoms with Crippen LogP contribution in [0.25, 0.3) is 0 Å². The first kappa shape index (κ1) is 16.7. The number of amides is 2. The van der Waals surface area contributed by atoms with Gasteiger partial charge in [0.05, 0.1) is 0 Å². The molecule has 1 aliphatic carbocycles. The number of carbonyl (C=O) groups excluding carboxylic acids is 2. The van der Waals surface area contributed by atoms with Crippen molar-refractivity contribution in [2.24, 2.45) is 5.92 Å². The molecule has 4 nitrogen and oxygen atoms in total. The van der Waals surface area contributed by atoms with Crippen molar-refractivity contribution >= 4 is 23.6 Å². The van der Waals surface area contributed by atoms with Crippen molar-refractivity contribution in [3.8, 4) is 0 Å². The van der Waals surface area contributed by atoms with Gasteiger partial charge < -0.3 is 10.2 Å². The highest BCUT2D eigenvalue weighted by Crippen LogP contribution is 2.39. The van der Waals surface area contributed by atoms with Gasteiger partial charge in [-0.1, -0.05) is 20.8 Å². The Morgan fingerprint density at radius 2 is 1.90 bits per heavy atom. The molecule has 1 N–H and O–H groups in total. The van der Waals surface area contributed by atoms with Gasteiger partial charge in [0, 0.05) is 6.54 Å². The first-order chi connectivity index (χ1) is 10.1. The molecule has 5 heteroatoms. The van der Waals surface area contributed by atoms with Crippen LogP contribution in [-0.2, 0) is 9.59 Å². The second-order valence-corrected chi connectivity index (χ2v) is 7.50. The largest absolute Gasteiger partial charge is 0.340 e. The van der Waals surface area contributed by atoms with E-state index in [4.69, 9.17) is 0 Å². The van der Waals surface area contributed by atoms with E-state index in [-0.39, 0.29) is 17.9 Å². The molecule has 0 aromatic heterocycles. The van der Waals surface area contributed by atoms with E-state index in [0.29, 0.717) is 18.8 Å². The number of hydrogen-bond acceptors (Lipinski definition) is 3. The lowest BCUT2D eigenvalue weighted by Gasteiger charge is -2.45. The molecule has 120 valence electrons. The van der Waals surface area contributed by atoms with E-state index in [9.17, 15) is 9.59 Å². The van der Waals surface area contributed by atoms with Crippen molar-refractivity contribution < 1.29 is 9.59 Å². The molecule has 1 saturated heterocycles. The maximum absolute atomic E-state index is 13.0. The number of hydrogen-bond donors (Lipinski definition) is 1. The summed E-state index contributed by atoms with van der Waals surface area (Å²) in [6.45, 7) is 6.85. The monoisotopic (exact) mass is 312 g/mol. The molecule has 0 aromatic rings. The fourth-order valence-corrected chi connectivity index (χ4v) is 3.86. The minimum atomic E-state index is -0.666. The Morgan fingerprint density at radius 3 is 2.43 bits per heavy atom. The summed E-state index contributed by atoms with van der Waals surface area (Å²) in [5, 5.41) is 3.05. The molecule has 2 amide bonds. The molecule has 1 heterocycles. The smallest absolute Gasteiger partial charge is 0.248 e. The topological polar surface area (TPSA) is 49.4 Å². The minimum absolute atomic E-state index is 0.0731. The molecule has 1 aliphatic heterocycles. The maximum Gasteiger partial charge on any atom is 0.248 e. The van der Waals surface area contributed by atoms with Gasteiger partial charge in [-0.05, 0) is 49.5 Å². The molecule has 0 radical (unpaired) electrons. The lowest BCUT2D eigenvalue weighted by atomic mass is 9.86. The van der Waals surface area contributed by atoms with Crippen LogP contribution >= 0.6 is 11.8 Å². The molecule has 1 unspecified atom stereocenters. The first-order valence-corrected chi connectivity index (χ1v) is 9.46. The van der Waals surface area contributed by atoms with Crippen LogP contribution in [0.15, 0.2) is 0 Å². The maximum atomic E-state index is 13.0. The van der Waals surface area contributed by atoms with Gasteiger partial charge in [-0.25, -0.2) is 0 Å². The Hall–Kier alpha value is -0.710. The first-order valence-electron chi connectivity index (χ1n) is 8.30. The number of piperazine rings is 1. The van der Waals surface area contributed by atoms with Crippen molar-refractivity contribution in [3.63, 3.8) is 0 Å². The lowest BCUT2D eigenvalue weighted by Crippen LogP contribution is -2.70. The summed E-state index contributed by atoms with van der Waals surface area (Å²) < 4.78 is 0. The Bertz CT molecular complexity index is 392. The molecule has 2 fully saturated rings. The van der Waals surface area contributed by atoms with Gasteiger partial charge in [-0.15, -0.1) is 0 Å². The van der Waals surface area contributed by atoms with Gasteiger partial charge >= 0.3 is 0 Å². The van der Waals surface area contributed by atoms with Crippen LogP contribution in [0.2, 0.25) is 0 Å².